The summed E-state index contributed by atoms with van der Waals surface area (Å²) in [5, 5.41) is 1.25. The van der Waals surface area contributed by atoms with E-state index in [2.05, 4.69) is 34.4 Å². The second kappa shape index (κ2) is 2.97. The summed E-state index contributed by atoms with van der Waals surface area (Å²) in [5.41, 5.74) is 0.766. The van der Waals surface area contributed by atoms with Crippen molar-refractivity contribution in [3.8, 4) is 0 Å². The molecule has 2 aliphatic rings. The SMILES string of the molecule is CP1C(C)(C)CC2(CCC2)CC1(C)C. The molecule has 0 bridgehead atoms. The first-order valence-electron chi connectivity index (χ1n) is 6.02. The Labute approximate surface area is 90.6 Å². The molecule has 1 saturated heterocycles. The molecule has 1 aliphatic heterocycles. The van der Waals surface area contributed by atoms with Crippen molar-refractivity contribution in [2.24, 2.45) is 5.41 Å². The van der Waals surface area contributed by atoms with Crippen LogP contribution < -0.4 is 0 Å². The van der Waals surface area contributed by atoms with E-state index in [4.69, 9.17) is 0 Å². The summed E-state index contributed by atoms with van der Waals surface area (Å²) in [5.74, 6) is 0. The van der Waals surface area contributed by atoms with Gasteiger partial charge in [0.05, 0.1) is 0 Å². The topological polar surface area (TPSA) is 0 Å². The second-order valence-corrected chi connectivity index (χ2v) is 10.4. The highest BCUT2D eigenvalue weighted by Gasteiger charge is 2.53. The molecule has 0 atom stereocenters. The van der Waals surface area contributed by atoms with Crippen LogP contribution in [0, 0.1) is 5.41 Å². The van der Waals surface area contributed by atoms with E-state index in [1.807, 2.05) is 0 Å². The fraction of sp³-hybridized carbons (Fsp3) is 1.00. The van der Waals surface area contributed by atoms with Crippen molar-refractivity contribution in [1.82, 2.24) is 0 Å². The molecule has 0 unspecified atom stereocenters. The van der Waals surface area contributed by atoms with Crippen molar-refractivity contribution in [3.63, 3.8) is 0 Å². The molecule has 0 N–H and O–H groups in total. The quantitative estimate of drug-likeness (QED) is 0.514. The predicted octanol–water partition coefficient (Wildman–Crippen LogP) is 4.62. The number of hydrogen-bond donors (Lipinski definition) is 0. The van der Waals surface area contributed by atoms with E-state index in [1.165, 1.54) is 32.1 Å². The van der Waals surface area contributed by atoms with Gasteiger partial charge in [0, 0.05) is 0 Å². The van der Waals surface area contributed by atoms with E-state index < -0.39 is 0 Å². The number of hydrogen-bond acceptors (Lipinski definition) is 0. The van der Waals surface area contributed by atoms with E-state index in [0.29, 0.717) is 10.3 Å². The fourth-order valence-corrected chi connectivity index (χ4v) is 6.77. The molecule has 1 heteroatoms. The normalized spacial score (nSPS) is 34.1. The highest BCUT2D eigenvalue weighted by molar-refractivity contribution is 7.60. The molecule has 0 aromatic carbocycles. The van der Waals surface area contributed by atoms with Crippen LogP contribution in [-0.4, -0.2) is 17.0 Å². The summed E-state index contributed by atoms with van der Waals surface area (Å²) >= 11 is 0. The van der Waals surface area contributed by atoms with Crippen molar-refractivity contribution in [2.75, 3.05) is 6.66 Å². The smallest absolute Gasteiger partial charge is 0.0143 e. The Hall–Kier alpha value is 0.430. The lowest BCUT2D eigenvalue weighted by Gasteiger charge is -2.60. The highest BCUT2D eigenvalue weighted by Crippen LogP contribution is 2.71. The molecule has 1 saturated carbocycles. The molecule has 1 spiro atoms. The largest absolute Gasteiger partial charge is 0.0982 e. The summed E-state index contributed by atoms with van der Waals surface area (Å²) in [4.78, 5) is 0. The lowest BCUT2D eigenvalue weighted by Crippen LogP contribution is -2.48. The average Bonchev–Trinajstić information content (AvgIpc) is 1.96. The summed E-state index contributed by atoms with van der Waals surface area (Å²) in [6.45, 7) is 12.6. The van der Waals surface area contributed by atoms with Crippen LogP contribution in [-0.2, 0) is 0 Å². The van der Waals surface area contributed by atoms with E-state index in [0.717, 1.165) is 5.41 Å². The molecule has 2 fully saturated rings. The molecule has 1 aliphatic carbocycles. The third-order valence-corrected chi connectivity index (χ3v) is 8.79. The van der Waals surface area contributed by atoms with Gasteiger partial charge in [-0.25, -0.2) is 0 Å². The lowest BCUT2D eigenvalue weighted by atomic mass is 9.60. The van der Waals surface area contributed by atoms with E-state index in [1.54, 1.807) is 0 Å². The van der Waals surface area contributed by atoms with Gasteiger partial charge in [-0.05, 0) is 48.1 Å². The van der Waals surface area contributed by atoms with Gasteiger partial charge >= 0.3 is 0 Å². The van der Waals surface area contributed by atoms with Crippen LogP contribution in [0.4, 0.5) is 0 Å². The first kappa shape index (κ1) is 10.9. The molecule has 0 aromatic rings. The van der Waals surface area contributed by atoms with Gasteiger partial charge in [0.2, 0.25) is 0 Å². The van der Waals surface area contributed by atoms with Crippen LogP contribution in [0.15, 0.2) is 0 Å². The highest BCUT2D eigenvalue weighted by atomic mass is 31.1. The third kappa shape index (κ3) is 1.54. The van der Waals surface area contributed by atoms with Crippen molar-refractivity contribution >= 4 is 7.92 Å². The van der Waals surface area contributed by atoms with Crippen LogP contribution in [0.3, 0.4) is 0 Å². The summed E-state index contributed by atoms with van der Waals surface area (Å²) < 4.78 is 0. The maximum absolute atomic E-state index is 2.53. The van der Waals surface area contributed by atoms with Crippen molar-refractivity contribution in [3.05, 3.63) is 0 Å². The Balaban J connectivity index is 2.24. The summed E-state index contributed by atoms with van der Waals surface area (Å²) in [6.07, 6.45) is 7.54. The second-order valence-electron chi connectivity index (χ2n) is 6.89. The Morgan fingerprint density at radius 1 is 0.857 bits per heavy atom. The maximum atomic E-state index is 2.53. The Bertz CT molecular complexity index is 216. The molecule has 82 valence electrons. The van der Waals surface area contributed by atoms with Crippen LogP contribution in [0.5, 0.6) is 0 Å². The van der Waals surface area contributed by atoms with Gasteiger partial charge in [-0.3, -0.25) is 0 Å². The fourth-order valence-electron chi connectivity index (χ4n) is 3.98. The maximum Gasteiger partial charge on any atom is -0.0143 e. The summed E-state index contributed by atoms with van der Waals surface area (Å²) in [7, 11) is 0.192. The zero-order valence-electron chi connectivity index (χ0n) is 10.5. The molecule has 0 nitrogen and oxygen atoms in total. The predicted molar refractivity (Wildman–Crippen MR) is 66.5 cm³/mol. The van der Waals surface area contributed by atoms with Gasteiger partial charge in [-0.15, -0.1) is 0 Å². The summed E-state index contributed by atoms with van der Waals surface area (Å²) in [6, 6.07) is 0. The standard InChI is InChI=1S/C13H25P/c1-11(2)9-13(7-6-8-13)10-12(3,4)14(11)5/h6-10H2,1-5H3. The van der Waals surface area contributed by atoms with Crippen molar-refractivity contribution < 1.29 is 0 Å². The molecule has 0 radical (unpaired) electrons. The minimum absolute atomic E-state index is 0.192. The van der Waals surface area contributed by atoms with Gasteiger partial charge in [-0.1, -0.05) is 42.0 Å². The lowest BCUT2D eigenvalue weighted by molar-refractivity contribution is 0.0709. The van der Waals surface area contributed by atoms with Crippen molar-refractivity contribution in [1.29, 1.82) is 0 Å². The monoisotopic (exact) mass is 212 g/mol. The number of rotatable bonds is 0. The van der Waals surface area contributed by atoms with Gasteiger partial charge in [-0.2, -0.15) is 0 Å². The molecular weight excluding hydrogens is 187 g/mol. The minimum atomic E-state index is 0.192. The zero-order chi connectivity index (χ0) is 10.6. The van der Waals surface area contributed by atoms with E-state index >= 15 is 0 Å². The van der Waals surface area contributed by atoms with Gasteiger partial charge in [0.15, 0.2) is 0 Å². The first-order valence-corrected chi connectivity index (χ1v) is 7.80. The Morgan fingerprint density at radius 2 is 1.29 bits per heavy atom. The first-order chi connectivity index (χ1) is 6.28. The van der Waals surface area contributed by atoms with Gasteiger partial charge in [0.1, 0.15) is 0 Å². The molecule has 0 amide bonds. The molecule has 2 rings (SSSR count). The van der Waals surface area contributed by atoms with Crippen LogP contribution in [0.2, 0.25) is 0 Å². The average molecular weight is 212 g/mol. The van der Waals surface area contributed by atoms with Crippen LogP contribution in [0.1, 0.15) is 59.8 Å². The van der Waals surface area contributed by atoms with E-state index in [-0.39, 0.29) is 7.92 Å². The molecular formula is C13H25P. The Morgan fingerprint density at radius 3 is 1.57 bits per heavy atom. The van der Waals surface area contributed by atoms with Crippen LogP contribution >= 0.6 is 7.92 Å². The molecule has 1 heterocycles. The zero-order valence-corrected chi connectivity index (χ0v) is 11.4. The third-order valence-electron chi connectivity index (χ3n) is 4.85. The Kier molecular flexibility index (Phi) is 2.32. The molecule has 0 aromatic heterocycles. The van der Waals surface area contributed by atoms with E-state index in [9.17, 15) is 0 Å². The van der Waals surface area contributed by atoms with Crippen molar-refractivity contribution in [2.45, 2.75) is 70.1 Å². The minimum Gasteiger partial charge on any atom is -0.0982 e. The van der Waals surface area contributed by atoms with Gasteiger partial charge in [0.25, 0.3) is 0 Å². The molecule has 14 heavy (non-hydrogen) atoms. The van der Waals surface area contributed by atoms with Crippen LogP contribution in [0.25, 0.3) is 0 Å². The van der Waals surface area contributed by atoms with Gasteiger partial charge < -0.3 is 0 Å².